The Morgan fingerprint density at radius 2 is 1.47 bits per heavy atom. The molecule has 0 aliphatic heterocycles. The second kappa shape index (κ2) is 17.2. The third-order valence-electron chi connectivity index (χ3n) is 3.14. The van der Waals surface area contributed by atoms with Crippen molar-refractivity contribution in [3.63, 3.8) is 0 Å². The molecule has 2 nitrogen and oxygen atoms in total. The zero-order valence-corrected chi connectivity index (χ0v) is 12.7. The van der Waals surface area contributed by atoms with Gasteiger partial charge >= 0.3 is 0 Å². The van der Waals surface area contributed by atoms with Crippen molar-refractivity contribution in [3.05, 3.63) is 12.2 Å². The molecule has 0 aliphatic rings. The van der Waals surface area contributed by atoms with Gasteiger partial charge in [-0.15, -0.1) is 0 Å². The Labute approximate surface area is 119 Å². The fourth-order valence-electron chi connectivity index (χ4n) is 1.97. The van der Waals surface area contributed by atoms with Crippen LogP contribution in [0.1, 0.15) is 77.6 Å². The van der Waals surface area contributed by atoms with Crippen molar-refractivity contribution in [1.82, 2.24) is 0 Å². The van der Waals surface area contributed by atoms with Crippen LogP contribution >= 0.6 is 0 Å². The van der Waals surface area contributed by atoms with Crippen molar-refractivity contribution in [3.8, 4) is 6.07 Å². The highest BCUT2D eigenvalue weighted by Gasteiger charge is 1.92. The summed E-state index contributed by atoms with van der Waals surface area (Å²) in [7, 11) is 0. The lowest BCUT2D eigenvalue weighted by atomic mass is 10.1. The SMILES string of the molecule is CCC/C=C/CCCCCCCCCOCCC#N. The third-order valence-corrected chi connectivity index (χ3v) is 3.14. The second-order valence-corrected chi connectivity index (χ2v) is 5.04. The van der Waals surface area contributed by atoms with Gasteiger partial charge in [0, 0.05) is 6.61 Å². The van der Waals surface area contributed by atoms with E-state index in [4.69, 9.17) is 10.00 Å². The first-order chi connectivity index (χ1) is 9.41. The molecule has 0 bridgehead atoms. The van der Waals surface area contributed by atoms with Crippen LogP contribution in [0.3, 0.4) is 0 Å². The molecule has 0 amide bonds. The number of hydrogen-bond donors (Lipinski definition) is 0. The van der Waals surface area contributed by atoms with Crippen LogP contribution in [0.5, 0.6) is 0 Å². The summed E-state index contributed by atoms with van der Waals surface area (Å²) in [5.41, 5.74) is 0. The molecule has 0 aliphatic carbocycles. The van der Waals surface area contributed by atoms with Gasteiger partial charge in [-0.2, -0.15) is 5.26 Å². The molecule has 0 aromatic heterocycles. The summed E-state index contributed by atoms with van der Waals surface area (Å²) in [6.07, 6.45) is 18.1. The quantitative estimate of drug-likeness (QED) is 0.311. The fraction of sp³-hybridized carbons (Fsp3) is 0.824. The van der Waals surface area contributed by atoms with Crippen LogP contribution in [0.2, 0.25) is 0 Å². The summed E-state index contributed by atoms with van der Waals surface area (Å²) in [5, 5.41) is 8.34. The molecule has 0 atom stereocenters. The van der Waals surface area contributed by atoms with E-state index in [0.29, 0.717) is 13.0 Å². The Bertz CT molecular complexity index is 230. The number of unbranched alkanes of at least 4 members (excludes halogenated alkanes) is 8. The first-order valence-corrected chi connectivity index (χ1v) is 8.01. The summed E-state index contributed by atoms with van der Waals surface area (Å²) in [4.78, 5) is 0. The number of nitrogens with zero attached hydrogens (tertiary/aromatic N) is 1. The zero-order valence-electron chi connectivity index (χ0n) is 12.7. The molecule has 0 saturated heterocycles. The molecule has 0 saturated carbocycles. The van der Waals surface area contributed by atoms with E-state index in [1.54, 1.807) is 0 Å². The minimum atomic E-state index is 0.521. The summed E-state index contributed by atoms with van der Waals surface area (Å²) in [6.45, 7) is 3.64. The highest BCUT2D eigenvalue weighted by Crippen LogP contribution is 2.09. The second-order valence-electron chi connectivity index (χ2n) is 5.04. The molecule has 0 N–H and O–H groups in total. The van der Waals surface area contributed by atoms with Crippen LogP contribution in [0.4, 0.5) is 0 Å². The lowest BCUT2D eigenvalue weighted by Gasteiger charge is -2.02. The number of hydrogen-bond acceptors (Lipinski definition) is 2. The Balaban J connectivity index is 2.97. The van der Waals surface area contributed by atoms with Crippen LogP contribution in [0.15, 0.2) is 12.2 Å². The van der Waals surface area contributed by atoms with Gasteiger partial charge in [-0.3, -0.25) is 0 Å². The summed E-state index contributed by atoms with van der Waals surface area (Å²) < 4.78 is 5.34. The lowest BCUT2D eigenvalue weighted by Crippen LogP contribution is -1.95. The standard InChI is InChI=1S/C17H31NO/c1-2-3-4-5-6-7-8-9-10-11-12-13-16-19-17-14-15-18/h4-5H,2-3,6-14,16-17H2,1H3/b5-4+. The van der Waals surface area contributed by atoms with Gasteiger partial charge in [-0.25, -0.2) is 0 Å². The minimum absolute atomic E-state index is 0.521. The van der Waals surface area contributed by atoms with Gasteiger partial charge in [-0.05, 0) is 25.7 Å². The zero-order chi connectivity index (χ0) is 14.0. The van der Waals surface area contributed by atoms with Crippen molar-refractivity contribution in [1.29, 1.82) is 5.26 Å². The van der Waals surface area contributed by atoms with E-state index in [0.717, 1.165) is 13.0 Å². The third kappa shape index (κ3) is 17.2. The Hall–Kier alpha value is -0.810. The number of rotatable bonds is 14. The predicted molar refractivity (Wildman–Crippen MR) is 82.0 cm³/mol. The van der Waals surface area contributed by atoms with E-state index in [1.165, 1.54) is 57.8 Å². The molecule has 0 radical (unpaired) electrons. The van der Waals surface area contributed by atoms with Crippen LogP contribution in [0.25, 0.3) is 0 Å². The van der Waals surface area contributed by atoms with Gasteiger partial charge in [0.1, 0.15) is 0 Å². The highest BCUT2D eigenvalue weighted by molar-refractivity contribution is 4.80. The molecule has 0 spiro atoms. The summed E-state index contributed by atoms with van der Waals surface area (Å²) in [5.74, 6) is 0. The average Bonchev–Trinajstić information content (AvgIpc) is 2.43. The maximum Gasteiger partial charge on any atom is 0.0645 e. The first kappa shape index (κ1) is 18.2. The van der Waals surface area contributed by atoms with Gasteiger partial charge in [0.25, 0.3) is 0 Å². The smallest absolute Gasteiger partial charge is 0.0645 e. The average molecular weight is 265 g/mol. The van der Waals surface area contributed by atoms with Crippen LogP contribution < -0.4 is 0 Å². The van der Waals surface area contributed by atoms with Crippen molar-refractivity contribution in [2.45, 2.75) is 77.6 Å². The van der Waals surface area contributed by atoms with Gasteiger partial charge in [0.15, 0.2) is 0 Å². The maximum atomic E-state index is 8.34. The monoisotopic (exact) mass is 265 g/mol. The van der Waals surface area contributed by atoms with E-state index < -0.39 is 0 Å². The number of allylic oxidation sites excluding steroid dienone is 2. The molecule has 0 heterocycles. The van der Waals surface area contributed by atoms with E-state index >= 15 is 0 Å². The van der Waals surface area contributed by atoms with Crippen molar-refractivity contribution in [2.24, 2.45) is 0 Å². The van der Waals surface area contributed by atoms with Crippen LogP contribution in [0, 0.1) is 11.3 Å². The molecule has 110 valence electrons. The van der Waals surface area contributed by atoms with Gasteiger partial charge in [0.05, 0.1) is 19.1 Å². The van der Waals surface area contributed by atoms with Crippen molar-refractivity contribution in [2.75, 3.05) is 13.2 Å². The molecule has 19 heavy (non-hydrogen) atoms. The van der Waals surface area contributed by atoms with Crippen LogP contribution in [-0.2, 0) is 4.74 Å². The Morgan fingerprint density at radius 1 is 0.842 bits per heavy atom. The van der Waals surface area contributed by atoms with E-state index in [-0.39, 0.29) is 0 Å². The molecule has 0 aromatic carbocycles. The molecule has 2 heteroatoms. The highest BCUT2D eigenvalue weighted by atomic mass is 16.5. The van der Waals surface area contributed by atoms with Crippen molar-refractivity contribution >= 4 is 0 Å². The summed E-state index contributed by atoms with van der Waals surface area (Å²) >= 11 is 0. The van der Waals surface area contributed by atoms with Crippen LogP contribution in [-0.4, -0.2) is 13.2 Å². The molecule has 0 aromatic rings. The molecule has 0 rings (SSSR count). The van der Waals surface area contributed by atoms with Gasteiger partial charge < -0.3 is 4.74 Å². The minimum Gasteiger partial charge on any atom is -0.380 e. The van der Waals surface area contributed by atoms with Crippen molar-refractivity contribution < 1.29 is 4.74 Å². The maximum absolute atomic E-state index is 8.34. The fourth-order valence-corrected chi connectivity index (χ4v) is 1.97. The molecule has 0 unspecified atom stereocenters. The molecular formula is C17H31NO. The topological polar surface area (TPSA) is 33.0 Å². The normalized spacial score (nSPS) is 10.9. The van der Waals surface area contributed by atoms with E-state index in [9.17, 15) is 0 Å². The van der Waals surface area contributed by atoms with E-state index in [2.05, 4.69) is 25.1 Å². The molecular weight excluding hydrogens is 234 g/mol. The van der Waals surface area contributed by atoms with Gasteiger partial charge in [0.2, 0.25) is 0 Å². The lowest BCUT2D eigenvalue weighted by molar-refractivity contribution is 0.135. The predicted octanol–water partition coefficient (Wildman–Crippen LogP) is 5.39. The number of ether oxygens (including phenoxy) is 1. The number of nitriles is 1. The summed E-state index contributed by atoms with van der Waals surface area (Å²) in [6, 6.07) is 2.08. The van der Waals surface area contributed by atoms with Gasteiger partial charge in [-0.1, -0.05) is 57.6 Å². The first-order valence-electron chi connectivity index (χ1n) is 8.01. The molecule has 0 fully saturated rings. The largest absolute Gasteiger partial charge is 0.380 e. The Kier molecular flexibility index (Phi) is 16.5. The Morgan fingerprint density at radius 3 is 2.16 bits per heavy atom. The van der Waals surface area contributed by atoms with E-state index in [1.807, 2.05) is 0 Å².